The number of carbonyl (C=O) groups excluding carboxylic acids is 4. The Hall–Kier alpha value is -3.27. The summed E-state index contributed by atoms with van der Waals surface area (Å²) >= 11 is 5.71. The molecule has 4 rings (SSSR count). The Morgan fingerprint density at radius 1 is 1.18 bits per heavy atom. The van der Waals surface area contributed by atoms with Crippen molar-refractivity contribution < 1.29 is 28.0 Å². The summed E-state index contributed by atoms with van der Waals surface area (Å²) in [6.45, 7) is -0.199. The van der Waals surface area contributed by atoms with Gasteiger partial charge in [0.2, 0.25) is 19.8 Å². The quantitative estimate of drug-likeness (QED) is 0.536. The van der Waals surface area contributed by atoms with Gasteiger partial charge in [-0.3, -0.25) is 24.5 Å². The number of nitrogens with zero attached hydrogens (tertiary/aromatic N) is 2. The molecule has 1 unspecified atom stereocenters. The molecule has 2 aromatic carbocycles. The standard InChI is InChI=1S/C22H17BClF2N3O4/c23-29(21(33)22(25,26)14-2-4-15(24)5-3-14)10-12-1-6-16-13(9-12)11-28(20(16)32)17-7-8-18(30)27-19(17)31/h1-6,9,17H,7-8,10-11H2,(H,27,30,31). The van der Waals surface area contributed by atoms with Crippen LogP contribution in [0.1, 0.15) is 39.9 Å². The van der Waals surface area contributed by atoms with Crippen molar-refractivity contribution in [2.75, 3.05) is 0 Å². The summed E-state index contributed by atoms with van der Waals surface area (Å²) in [4.78, 5) is 50.4. The number of piperidine rings is 1. The summed E-state index contributed by atoms with van der Waals surface area (Å²) < 4.78 is 29.2. The van der Waals surface area contributed by atoms with Crippen LogP contribution in [0.5, 0.6) is 0 Å². The molecule has 1 N–H and O–H groups in total. The van der Waals surface area contributed by atoms with E-state index in [4.69, 9.17) is 19.6 Å². The molecule has 2 aromatic rings. The number of carbonyl (C=O) groups is 4. The van der Waals surface area contributed by atoms with Gasteiger partial charge in [0.25, 0.3) is 11.8 Å². The maximum absolute atomic E-state index is 14.6. The number of nitrogens with one attached hydrogen (secondary N) is 1. The van der Waals surface area contributed by atoms with Crippen LogP contribution in [-0.4, -0.2) is 47.4 Å². The SMILES string of the molecule is [B]N(Cc1ccc2c(c1)CN(C1CCC(=O)NC1=O)C2=O)C(=O)C(F)(F)c1ccc(Cl)cc1. The van der Waals surface area contributed by atoms with Gasteiger partial charge in [0.05, 0.1) is 0 Å². The first-order chi connectivity index (χ1) is 15.6. The number of hydrogen-bond donors (Lipinski definition) is 1. The van der Waals surface area contributed by atoms with Crippen LogP contribution in [-0.2, 0) is 33.4 Å². The number of halogens is 3. The van der Waals surface area contributed by atoms with Crippen LogP contribution in [0.4, 0.5) is 8.78 Å². The van der Waals surface area contributed by atoms with Gasteiger partial charge >= 0.3 is 5.92 Å². The molecule has 2 radical (unpaired) electrons. The lowest BCUT2D eigenvalue weighted by Crippen LogP contribution is -2.52. The van der Waals surface area contributed by atoms with Crippen molar-refractivity contribution in [1.29, 1.82) is 0 Å². The zero-order valence-corrected chi connectivity index (χ0v) is 17.9. The maximum atomic E-state index is 14.6. The third-order valence-corrected chi connectivity index (χ3v) is 5.93. The molecule has 11 heteroatoms. The largest absolute Gasteiger partial charge is 0.387 e. The Morgan fingerprint density at radius 2 is 1.88 bits per heavy atom. The van der Waals surface area contributed by atoms with Gasteiger partial charge in [0.15, 0.2) is 0 Å². The molecule has 2 aliphatic rings. The van der Waals surface area contributed by atoms with E-state index in [-0.39, 0.29) is 42.8 Å². The molecule has 33 heavy (non-hydrogen) atoms. The minimum atomic E-state index is -3.85. The highest BCUT2D eigenvalue weighted by Gasteiger charge is 2.43. The smallest absolute Gasteiger partial charge is 0.348 e. The summed E-state index contributed by atoms with van der Waals surface area (Å²) in [6.07, 6.45) is 0.357. The van der Waals surface area contributed by atoms with Gasteiger partial charge in [-0.1, -0.05) is 35.9 Å². The Morgan fingerprint density at radius 3 is 2.55 bits per heavy atom. The van der Waals surface area contributed by atoms with Crippen LogP contribution in [0.25, 0.3) is 0 Å². The van der Waals surface area contributed by atoms with E-state index in [1.165, 1.54) is 29.2 Å². The molecule has 0 aromatic heterocycles. The van der Waals surface area contributed by atoms with Crippen LogP contribution in [0.2, 0.25) is 5.02 Å². The van der Waals surface area contributed by atoms with E-state index in [1.54, 1.807) is 6.07 Å². The summed E-state index contributed by atoms with van der Waals surface area (Å²) in [5.41, 5.74) is 0.846. The highest BCUT2D eigenvalue weighted by molar-refractivity contribution is 6.30. The van der Waals surface area contributed by atoms with Crippen molar-refractivity contribution in [2.24, 2.45) is 0 Å². The first-order valence-electron chi connectivity index (χ1n) is 10.0. The second kappa shape index (κ2) is 8.59. The maximum Gasteiger partial charge on any atom is 0.348 e. The number of rotatable bonds is 5. The fourth-order valence-corrected chi connectivity index (χ4v) is 4.08. The molecule has 4 amide bonds. The molecule has 0 aliphatic carbocycles. The lowest BCUT2D eigenvalue weighted by Gasteiger charge is -2.29. The first-order valence-corrected chi connectivity index (χ1v) is 10.4. The summed E-state index contributed by atoms with van der Waals surface area (Å²) in [5.74, 6) is -6.72. The summed E-state index contributed by atoms with van der Waals surface area (Å²) in [5, 5.41) is 2.48. The molecule has 1 saturated heterocycles. The van der Waals surface area contributed by atoms with Gasteiger partial charge < -0.3 is 9.71 Å². The third-order valence-electron chi connectivity index (χ3n) is 5.68. The summed E-state index contributed by atoms with van der Waals surface area (Å²) in [6, 6.07) is 8.46. The van der Waals surface area contributed by atoms with Gasteiger partial charge in [-0.05, 0) is 35.7 Å². The molecule has 1 fully saturated rings. The van der Waals surface area contributed by atoms with E-state index in [1.807, 2.05) is 0 Å². The molecule has 168 valence electrons. The Bertz CT molecular complexity index is 1160. The topological polar surface area (TPSA) is 86.8 Å². The van der Waals surface area contributed by atoms with Crippen molar-refractivity contribution in [3.8, 4) is 0 Å². The highest BCUT2D eigenvalue weighted by atomic mass is 35.5. The Kier molecular flexibility index (Phi) is 5.96. The molecular formula is C22H17BClF2N3O4. The van der Waals surface area contributed by atoms with Gasteiger partial charge in [-0.25, -0.2) is 0 Å². The number of benzene rings is 2. The zero-order chi connectivity index (χ0) is 23.9. The molecule has 1 atom stereocenters. The average Bonchev–Trinajstić information content (AvgIpc) is 3.09. The predicted octanol–water partition coefficient (Wildman–Crippen LogP) is 2.31. The second-order valence-corrected chi connectivity index (χ2v) is 8.34. The number of fused-ring (bicyclic) bond motifs is 1. The lowest BCUT2D eigenvalue weighted by atomic mass is 10.0. The first kappa shape index (κ1) is 22.9. The normalized spacial score (nSPS) is 18.2. The molecule has 7 nitrogen and oxygen atoms in total. The van der Waals surface area contributed by atoms with Crippen LogP contribution < -0.4 is 5.32 Å². The molecule has 0 bridgehead atoms. The minimum Gasteiger partial charge on any atom is -0.387 e. The van der Waals surface area contributed by atoms with Crippen molar-refractivity contribution in [1.82, 2.24) is 15.0 Å². The molecule has 0 spiro atoms. The van der Waals surface area contributed by atoms with Crippen molar-refractivity contribution in [2.45, 2.75) is 37.9 Å². The van der Waals surface area contributed by atoms with E-state index in [2.05, 4.69) is 5.32 Å². The van der Waals surface area contributed by atoms with Crippen LogP contribution in [0.15, 0.2) is 42.5 Å². The van der Waals surface area contributed by atoms with Crippen LogP contribution in [0.3, 0.4) is 0 Å². The van der Waals surface area contributed by atoms with Crippen LogP contribution >= 0.6 is 11.6 Å². The fourth-order valence-electron chi connectivity index (χ4n) is 3.96. The summed E-state index contributed by atoms with van der Waals surface area (Å²) in [7, 11) is 5.67. The van der Waals surface area contributed by atoms with E-state index in [0.29, 0.717) is 21.5 Å². The fraction of sp³-hybridized carbons (Fsp3) is 0.273. The zero-order valence-electron chi connectivity index (χ0n) is 17.2. The van der Waals surface area contributed by atoms with Crippen LogP contribution in [0, 0.1) is 0 Å². The second-order valence-electron chi connectivity index (χ2n) is 7.91. The van der Waals surface area contributed by atoms with E-state index < -0.39 is 29.3 Å². The van der Waals surface area contributed by atoms with E-state index >= 15 is 0 Å². The van der Waals surface area contributed by atoms with E-state index in [9.17, 15) is 28.0 Å². The van der Waals surface area contributed by atoms with Gasteiger partial charge in [0, 0.05) is 35.7 Å². The Balaban J connectivity index is 1.47. The number of imide groups is 1. The minimum absolute atomic E-state index is 0.119. The molecule has 2 heterocycles. The van der Waals surface area contributed by atoms with Crippen molar-refractivity contribution in [3.63, 3.8) is 0 Å². The molecular weight excluding hydrogens is 455 g/mol. The predicted molar refractivity (Wildman–Crippen MR) is 114 cm³/mol. The highest BCUT2D eigenvalue weighted by Crippen LogP contribution is 2.32. The number of amides is 4. The van der Waals surface area contributed by atoms with Gasteiger partial charge in [-0.2, -0.15) is 8.78 Å². The third kappa shape index (κ3) is 4.35. The average molecular weight is 472 g/mol. The lowest BCUT2D eigenvalue weighted by molar-refractivity contribution is -0.154. The number of hydrogen-bond acceptors (Lipinski definition) is 4. The monoisotopic (exact) mass is 471 g/mol. The van der Waals surface area contributed by atoms with E-state index in [0.717, 1.165) is 12.1 Å². The Labute approximate surface area is 194 Å². The van der Waals surface area contributed by atoms with Crippen molar-refractivity contribution >= 4 is 43.2 Å². The number of alkyl halides is 2. The van der Waals surface area contributed by atoms with Crippen molar-refractivity contribution in [3.05, 3.63) is 69.7 Å². The van der Waals surface area contributed by atoms with Gasteiger partial charge in [0.1, 0.15) is 6.04 Å². The molecule has 0 saturated carbocycles. The van der Waals surface area contributed by atoms with Gasteiger partial charge in [-0.15, -0.1) is 0 Å². The molecule has 2 aliphatic heterocycles.